The number of carbonyl (C=O) groups is 2. The Morgan fingerprint density at radius 1 is 1.00 bits per heavy atom. The highest BCUT2D eigenvalue weighted by Gasteiger charge is 2.33. The average Bonchev–Trinajstić information content (AvgIpc) is 3.42. The summed E-state index contributed by atoms with van der Waals surface area (Å²) in [4.78, 5) is 27.4. The monoisotopic (exact) mass is 613 g/mol. The minimum absolute atomic E-state index is 0.0765. The molecule has 236 valence electrons. The molecule has 1 fully saturated rings. The molecule has 0 bridgehead atoms. The molecule has 0 aromatic heterocycles. The first-order valence-corrected chi connectivity index (χ1v) is 14.9. The molecular weight excluding hydrogens is 574 g/mol. The van der Waals surface area contributed by atoms with E-state index < -0.39 is 41.1 Å². The van der Waals surface area contributed by atoms with E-state index in [4.69, 9.17) is 0 Å². The van der Waals surface area contributed by atoms with Crippen LogP contribution in [0, 0.1) is 5.82 Å². The maximum Gasteiger partial charge on any atom is 0.416 e. The molecule has 0 aliphatic carbocycles. The summed E-state index contributed by atoms with van der Waals surface area (Å²) in [5.41, 5.74) is 0.0442. The van der Waals surface area contributed by atoms with Gasteiger partial charge in [-0.15, -0.1) is 0 Å². The van der Waals surface area contributed by atoms with Gasteiger partial charge in [-0.25, -0.2) is 4.39 Å². The Morgan fingerprint density at radius 3 is 2.34 bits per heavy atom. The van der Waals surface area contributed by atoms with Gasteiger partial charge < -0.3 is 20.6 Å². The first kappa shape index (κ1) is 33.1. The van der Waals surface area contributed by atoms with Crippen LogP contribution in [-0.4, -0.2) is 42.2 Å². The molecule has 1 aliphatic heterocycles. The molecule has 0 saturated carbocycles. The van der Waals surface area contributed by atoms with Crippen molar-refractivity contribution in [2.75, 3.05) is 18.0 Å². The van der Waals surface area contributed by atoms with Crippen LogP contribution in [0.2, 0.25) is 0 Å². The zero-order valence-corrected chi connectivity index (χ0v) is 25.2. The van der Waals surface area contributed by atoms with Crippen molar-refractivity contribution in [3.63, 3.8) is 0 Å². The Bertz CT molecular complexity index is 1460. The molecule has 1 aliphatic rings. The van der Waals surface area contributed by atoms with E-state index in [1.807, 2.05) is 37.3 Å². The summed E-state index contributed by atoms with van der Waals surface area (Å²) < 4.78 is 55.8. The molecule has 3 aromatic carbocycles. The maximum absolute atomic E-state index is 15.8. The van der Waals surface area contributed by atoms with Gasteiger partial charge in [-0.05, 0) is 74.1 Å². The minimum Gasteiger partial charge on any atom is -0.390 e. The number of amides is 2. The molecule has 1 heterocycles. The summed E-state index contributed by atoms with van der Waals surface area (Å²) in [5.74, 6) is -1.73. The normalized spacial score (nSPS) is 15.4. The lowest BCUT2D eigenvalue weighted by atomic mass is 9.92. The van der Waals surface area contributed by atoms with Crippen molar-refractivity contribution in [1.29, 1.82) is 0 Å². The van der Waals surface area contributed by atoms with Crippen LogP contribution in [-0.2, 0) is 29.4 Å². The molecule has 0 unspecified atom stereocenters. The highest BCUT2D eigenvalue weighted by atomic mass is 19.4. The number of carbonyl (C=O) groups excluding carboxylic acids is 2. The van der Waals surface area contributed by atoms with E-state index in [-0.39, 0.29) is 30.1 Å². The zero-order valence-electron chi connectivity index (χ0n) is 25.2. The van der Waals surface area contributed by atoms with E-state index in [2.05, 4.69) is 10.6 Å². The predicted octanol–water partition coefficient (Wildman–Crippen LogP) is 6.15. The second-order valence-corrected chi connectivity index (χ2v) is 11.8. The number of nitrogens with zero attached hydrogens (tertiary/aromatic N) is 1. The van der Waals surface area contributed by atoms with Gasteiger partial charge in [-0.3, -0.25) is 9.59 Å². The fourth-order valence-electron chi connectivity index (χ4n) is 5.45. The average molecular weight is 614 g/mol. The van der Waals surface area contributed by atoms with Crippen LogP contribution in [0.5, 0.6) is 0 Å². The third-order valence-electron chi connectivity index (χ3n) is 8.00. The van der Waals surface area contributed by atoms with Crippen LogP contribution in [0.25, 0.3) is 0 Å². The van der Waals surface area contributed by atoms with Gasteiger partial charge >= 0.3 is 6.18 Å². The number of aliphatic hydroxyl groups is 1. The van der Waals surface area contributed by atoms with Crippen molar-refractivity contribution >= 4 is 17.5 Å². The van der Waals surface area contributed by atoms with Crippen molar-refractivity contribution in [1.82, 2.24) is 10.6 Å². The van der Waals surface area contributed by atoms with Crippen molar-refractivity contribution in [3.05, 3.63) is 100 Å². The number of aryl methyl sites for hydroxylation is 1. The second-order valence-electron chi connectivity index (χ2n) is 11.8. The van der Waals surface area contributed by atoms with E-state index in [1.54, 1.807) is 26.0 Å². The molecule has 4 rings (SSSR count). The number of nitrogens with one attached hydrogen (secondary N) is 2. The Morgan fingerprint density at radius 2 is 1.70 bits per heavy atom. The number of anilines is 1. The van der Waals surface area contributed by atoms with Crippen LogP contribution in [0.4, 0.5) is 23.2 Å². The number of rotatable bonds is 12. The van der Waals surface area contributed by atoms with Gasteiger partial charge in [0.2, 0.25) is 5.91 Å². The van der Waals surface area contributed by atoms with E-state index in [0.29, 0.717) is 31.4 Å². The van der Waals surface area contributed by atoms with Crippen molar-refractivity contribution in [2.24, 2.45) is 0 Å². The Labute approximate surface area is 255 Å². The van der Waals surface area contributed by atoms with E-state index in [0.717, 1.165) is 29.7 Å². The van der Waals surface area contributed by atoms with E-state index >= 15 is 4.39 Å². The second kappa shape index (κ2) is 13.9. The lowest BCUT2D eigenvalue weighted by molar-refractivity contribution is -0.137. The van der Waals surface area contributed by atoms with Crippen molar-refractivity contribution < 1.29 is 32.3 Å². The Hall–Kier alpha value is -3.76. The first-order valence-electron chi connectivity index (χ1n) is 14.9. The van der Waals surface area contributed by atoms with Gasteiger partial charge in [-0.1, -0.05) is 55.8 Å². The molecular formula is C34H39F4N3O3. The number of hydrogen-bond donors (Lipinski definition) is 3. The Kier molecular flexibility index (Phi) is 10.5. The number of halogens is 4. The molecule has 3 N–H and O–H groups in total. The van der Waals surface area contributed by atoms with Gasteiger partial charge in [-0.2, -0.15) is 13.2 Å². The largest absolute Gasteiger partial charge is 0.416 e. The summed E-state index contributed by atoms with van der Waals surface area (Å²) in [7, 11) is 0. The standard InChI is InChI=1S/C34H39F4N3O3/c1-4-10-23-17-26(31(35)28(19-23)41-16-9-15-30(41)43)32(44)40-27(18-22-11-6-5-7-12-22)29(42)21-39-33(2,3)24-13-8-14-25(20-24)34(36,37)38/h5-8,11-14,17,19-20,27,29,39,42H,4,9-10,15-16,18,21H2,1-3H3,(H,40,44)/t27-,29-/m0/s1. The van der Waals surface area contributed by atoms with Crippen LogP contribution in [0.3, 0.4) is 0 Å². The third-order valence-corrected chi connectivity index (χ3v) is 8.00. The molecule has 44 heavy (non-hydrogen) atoms. The van der Waals surface area contributed by atoms with Crippen LogP contribution in [0.1, 0.15) is 72.6 Å². The molecule has 0 radical (unpaired) electrons. The van der Waals surface area contributed by atoms with Gasteiger partial charge in [0.15, 0.2) is 5.82 Å². The smallest absolute Gasteiger partial charge is 0.390 e. The summed E-state index contributed by atoms with van der Waals surface area (Å²) >= 11 is 0. The number of alkyl halides is 3. The molecule has 1 saturated heterocycles. The molecule has 0 spiro atoms. The maximum atomic E-state index is 15.8. The topological polar surface area (TPSA) is 81.7 Å². The van der Waals surface area contributed by atoms with Crippen LogP contribution >= 0.6 is 0 Å². The van der Waals surface area contributed by atoms with Gasteiger partial charge in [0.25, 0.3) is 5.91 Å². The van der Waals surface area contributed by atoms with Crippen LogP contribution < -0.4 is 15.5 Å². The van der Waals surface area contributed by atoms with Crippen molar-refractivity contribution in [3.8, 4) is 0 Å². The fourth-order valence-corrected chi connectivity index (χ4v) is 5.45. The fraction of sp³-hybridized carbons (Fsp3) is 0.412. The SMILES string of the molecule is CCCc1cc(C(=O)N[C@@H](Cc2ccccc2)[C@@H](O)CNC(C)(C)c2cccc(C(F)(F)F)c2)c(F)c(N2CCCC2=O)c1. The highest BCUT2D eigenvalue weighted by Crippen LogP contribution is 2.32. The summed E-state index contributed by atoms with van der Waals surface area (Å²) in [6.07, 6.45) is -3.22. The minimum atomic E-state index is -4.50. The van der Waals surface area contributed by atoms with Crippen LogP contribution in [0.15, 0.2) is 66.7 Å². The number of hydrogen-bond acceptors (Lipinski definition) is 4. The Balaban J connectivity index is 1.58. The van der Waals surface area contributed by atoms with Crippen molar-refractivity contribution in [2.45, 2.75) is 76.7 Å². The number of benzene rings is 3. The quantitative estimate of drug-likeness (QED) is 0.214. The zero-order chi connectivity index (χ0) is 32.1. The first-order chi connectivity index (χ1) is 20.8. The summed E-state index contributed by atoms with van der Waals surface area (Å²) in [5, 5.41) is 17.3. The lowest BCUT2D eigenvalue weighted by Gasteiger charge is -2.32. The third kappa shape index (κ3) is 8.04. The molecule has 6 nitrogen and oxygen atoms in total. The van der Waals surface area contributed by atoms with Gasteiger partial charge in [0, 0.05) is 25.0 Å². The van der Waals surface area contributed by atoms with E-state index in [1.165, 1.54) is 17.0 Å². The highest BCUT2D eigenvalue weighted by molar-refractivity contribution is 6.00. The molecule has 2 atom stereocenters. The lowest BCUT2D eigenvalue weighted by Crippen LogP contribution is -2.51. The predicted molar refractivity (Wildman–Crippen MR) is 162 cm³/mol. The van der Waals surface area contributed by atoms with E-state index in [9.17, 15) is 27.9 Å². The molecule has 2 amide bonds. The summed E-state index contributed by atoms with van der Waals surface area (Å²) in [6, 6.07) is 16.4. The molecule has 3 aromatic rings. The summed E-state index contributed by atoms with van der Waals surface area (Å²) in [6.45, 7) is 5.66. The molecule has 10 heteroatoms. The van der Waals surface area contributed by atoms with Gasteiger partial charge in [0.1, 0.15) is 0 Å². The number of aliphatic hydroxyl groups excluding tert-OH is 1. The van der Waals surface area contributed by atoms with Gasteiger partial charge in [0.05, 0.1) is 29.0 Å².